The third-order valence-corrected chi connectivity index (χ3v) is 7.27. The number of carbonyl (C=O) groups is 2. The van der Waals surface area contributed by atoms with Crippen molar-refractivity contribution in [1.29, 1.82) is 0 Å². The summed E-state index contributed by atoms with van der Waals surface area (Å²) in [4.78, 5) is 23.3. The Morgan fingerprint density at radius 2 is 2.04 bits per heavy atom. The minimum atomic E-state index is -3.69. The second-order valence-electron chi connectivity index (χ2n) is 6.84. The molecule has 9 heteroatoms. The number of hydrogen-bond donors (Lipinski definition) is 3. The highest BCUT2D eigenvalue weighted by molar-refractivity contribution is 7.92. The second-order valence-corrected chi connectivity index (χ2v) is 9.43. The van der Waals surface area contributed by atoms with E-state index in [1.165, 1.54) is 6.92 Å². The summed E-state index contributed by atoms with van der Waals surface area (Å²) in [6, 6.07) is 4.90. The number of sulfone groups is 1. The minimum Gasteiger partial charge on any atom is -0.323 e. The Hall–Kier alpha value is -1.90. The molecule has 3 amide bonds. The first-order chi connectivity index (χ1) is 12.1. The van der Waals surface area contributed by atoms with Gasteiger partial charge in [0, 0.05) is 18.0 Å². The van der Waals surface area contributed by atoms with E-state index < -0.39 is 38.4 Å². The molecule has 2 aliphatic heterocycles. The van der Waals surface area contributed by atoms with Crippen molar-refractivity contribution in [2.45, 2.75) is 31.2 Å². The van der Waals surface area contributed by atoms with E-state index >= 15 is 0 Å². The van der Waals surface area contributed by atoms with Crippen LogP contribution in [0.25, 0.3) is 5.57 Å². The summed E-state index contributed by atoms with van der Waals surface area (Å²) < 4.78 is 25.7. The molecule has 2 atom stereocenters. The van der Waals surface area contributed by atoms with E-state index in [0.29, 0.717) is 11.6 Å². The molecule has 7 nitrogen and oxygen atoms in total. The van der Waals surface area contributed by atoms with E-state index in [1.54, 1.807) is 6.07 Å². The molecule has 0 saturated carbocycles. The molecule has 1 aromatic carbocycles. The summed E-state index contributed by atoms with van der Waals surface area (Å²) in [7, 11) is -3.69. The average Bonchev–Trinajstić information content (AvgIpc) is 2.81. The number of halogens is 1. The molecule has 0 aliphatic carbocycles. The van der Waals surface area contributed by atoms with Gasteiger partial charge in [-0.3, -0.25) is 15.4 Å². The predicted octanol–water partition coefficient (Wildman–Crippen LogP) is 1.36. The van der Waals surface area contributed by atoms with Gasteiger partial charge in [-0.25, -0.2) is 13.2 Å². The number of aryl methyl sites for hydroxylation is 1. The quantitative estimate of drug-likeness (QED) is 0.665. The number of urea groups is 1. The molecule has 0 bridgehead atoms. The van der Waals surface area contributed by atoms with Crippen LogP contribution in [0.3, 0.4) is 0 Å². The van der Waals surface area contributed by atoms with Crippen molar-refractivity contribution in [1.82, 2.24) is 16.0 Å². The van der Waals surface area contributed by atoms with Crippen LogP contribution in [0, 0.1) is 6.92 Å². The van der Waals surface area contributed by atoms with E-state index in [-0.39, 0.29) is 6.42 Å². The number of carbonyl (C=O) groups excluding carboxylic acids is 2. The predicted molar refractivity (Wildman–Crippen MR) is 99.4 cm³/mol. The van der Waals surface area contributed by atoms with E-state index in [2.05, 4.69) is 16.0 Å². The first kappa shape index (κ1) is 18.9. The third kappa shape index (κ3) is 3.62. The smallest absolute Gasteiger partial charge is 0.322 e. The van der Waals surface area contributed by atoms with Crippen LogP contribution in [0.5, 0.6) is 0 Å². The zero-order valence-electron chi connectivity index (χ0n) is 14.4. The summed E-state index contributed by atoms with van der Waals surface area (Å²) in [5.74, 6) is -1.10. The van der Waals surface area contributed by atoms with Crippen LogP contribution in [-0.2, 0) is 14.6 Å². The molecule has 0 radical (unpaired) electrons. The highest BCUT2D eigenvalue weighted by Gasteiger charge is 2.47. The molecule has 1 fully saturated rings. The van der Waals surface area contributed by atoms with Crippen molar-refractivity contribution < 1.29 is 18.0 Å². The summed E-state index contributed by atoms with van der Waals surface area (Å²) in [5, 5.41) is 7.27. The number of hydrogen-bond acceptors (Lipinski definition) is 5. The van der Waals surface area contributed by atoms with Crippen LogP contribution in [0.4, 0.5) is 4.79 Å². The number of benzene rings is 1. The van der Waals surface area contributed by atoms with Crippen LogP contribution < -0.4 is 16.0 Å². The molecule has 1 saturated heterocycles. The number of rotatable bonds is 4. The maximum Gasteiger partial charge on any atom is 0.322 e. The van der Waals surface area contributed by atoms with Crippen molar-refractivity contribution in [3.8, 4) is 0 Å². The molecular formula is C17H20ClN3O4S. The van der Waals surface area contributed by atoms with Crippen molar-refractivity contribution >= 4 is 38.9 Å². The molecule has 2 heterocycles. The van der Waals surface area contributed by atoms with Gasteiger partial charge in [0.15, 0.2) is 9.84 Å². The topological polar surface area (TPSA) is 104 Å². The van der Waals surface area contributed by atoms with Crippen molar-refractivity contribution in [2.24, 2.45) is 0 Å². The van der Waals surface area contributed by atoms with Crippen LogP contribution in [0.1, 0.15) is 24.5 Å². The van der Waals surface area contributed by atoms with Gasteiger partial charge in [-0.1, -0.05) is 29.8 Å². The minimum absolute atomic E-state index is 0.273. The fourth-order valence-electron chi connectivity index (χ4n) is 3.19. The van der Waals surface area contributed by atoms with Gasteiger partial charge in [-0.15, -0.1) is 0 Å². The van der Waals surface area contributed by atoms with Crippen molar-refractivity contribution in [3.63, 3.8) is 0 Å². The average molecular weight is 398 g/mol. The summed E-state index contributed by atoms with van der Waals surface area (Å²) >= 11 is 6.06. The fraction of sp³-hybridized carbons (Fsp3) is 0.412. The van der Waals surface area contributed by atoms with Gasteiger partial charge < -0.3 is 5.32 Å². The molecule has 3 N–H and O–H groups in total. The summed E-state index contributed by atoms with van der Waals surface area (Å²) in [6.45, 7) is 3.70. The highest BCUT2D eigenvalue weighted by Crippen LogP contribution is 2.29. The monoisotopic (exact) mass is 397 g/mol. The zero-order chi connectivity index (χ0) is 19.1. The number of imide groups is 1. The van der Waals surface area contributed by atoms with Crippen LogP contribution >= 0.6 is 11.6 Å². The maximum atomic E-state index is 12.9. The molecular weight excluding hydrogens is 378 g/mol. The summed E-state index contributed by atoms with van der Waals surface area (Å²) in [6.07, 6.45) is 2.22. The number of nitrogens with one attached hydrogen (secondary N) is 3. The van der Waals surface area contributed by atoms with Crippen molar-refractivity contribution in [2.75, 3.05) is 12.3 Å². The van der Waals surface area contributed by atoms with Crippen LogP contribution in [0.2, 0.25) is 5.02 Å². The van der Waals surface area contributed by atoms with E-state index in [9.17, 15) is 18.0 Å². The van der Waals surface area contributed by atoms with Gasteiger partial charge in [0.1, 0.15) is 10.9 Å². The second kappa shape index (κ2) is 6.68. The first-order valence-corrected chi connectivity index (χ1v) is 10.2. The van der Waals surface area contributed by atoms with Gasteiger partial charge in [0.2, 0.25) is 0 Å². The SMILES string of the molecule is Cc1cc(C2=CCNC(S(=O)(=O)C[C@@]3(C)NC(=O)NC3=O)C2)ccc1Cl. The maximum absolute atomic E-state index is 12.9. The lowest BCUT2D eigenvalue weighted by atomic mass is 9.98. The largest absolute Gasteiger partial charge is 0.323 e. The van der Waals surface area contributed by atoms with E-state index in [0.717, 1.165) is 16.7 Å². The number of amides is 3. The Morgan fingerprint density at radius 1 is 1.31 bits per heavy atom. The van der Waals surface area contributed by atoms with Gasteiger partial charge in [0.25, 0.3) is 5.91 Å². The normalized spacial score (nSPS) is 26.3. The fourth-order valence-corrected chi connectivity index (χ4v) is 5.30. The third-order valence-electron chi connectivity index (χ3n) is 4.67. The molecule has 2 aliphatic rings. The van der Waals surface area contributed by atoms with Gasteiger partial charge >= 0.3 is 6.03 Å². The van der Waals surface area contributed by atoms with Gasteiger partial charge in [-0.05, 0) is 36.6 Å². The zero-order valence-corrected chi connectivity index (χ0v) is 16.0. The lowest BCUT2D eigenvalue weighted by Gasteiger charge is -2.28. The van der Waals surface area contributed by atoms with Crippen molar-refractivity contribution in [3.05, 3.63) is 40.4 Å². The molecule has 140 valence electrons. The Labute approximate surface area is 157 Å². The molecule has 0 spiro atoms. The van der Waals surface area contributed by atoms with E-state index in [1.807, 2.05) is 25.1 Å². The Bertz CT molecular complexity index is 913. The lowest BCUT2D eigenvalue weighted by Crippen LogP contribution is -2.53. The Balaban J connectivity index is 1.79. The molecule has 3 rings (SSSR count). The Morgan fingerprint density at radius 3 is 2.65 bits per heavy atom. The molecule has 1 aromatic rings. The lowest BCUT2D eigenvalue weighted by molar-refractivity contribution is -0.122. The van der Waals surface area contributed by atoms with E-state index in [4.69, 9.17) is 11.6 Å². The van der Waals surface area contributed by atoms with Gasteiger partial charge in [-0.2, -0.15) is 0 Å². The van der Waals surface area contributed by atoms with Crippen LogP contribution in [-0.4, -0.2) is 43.6 Å². The van der Waals surface area contributed by atoms with Crippen LogP contribution in [0.15, 0.2) is 24.3 Å². The standard InChI is InChI=1S/C17H20ClN3O4S/c1-10-7-11(3-4-13(10)18)12-5-6-19-14(8-12)26(24,25)9-17(2)15(22)20-16(23)21-17/h3-5,7,14,19H,6,8-9H2,1-2H3,(H2,20,21,22,23)/t14?,17-/m1/s1. The van der Waals surface area contributed by atoms with Gasteiger partial charge in [0.05, 0.1) is 5.75 Å². The Kier molecular flexibility index (Phi) is 4.85. The first-order valence-electron chi connectivity index (χ1n) is 8.15. The molecule has 1 unspecified atom stereocenters. The molecule has 26 heavy (non-hydrogen) atoms. The molecule has 0 aromatic heterocycles. The highest BCUT2D eigenvalue weighted by atomic mass is 35.5. The summed E-state index contributed by atoms with van der Waals surface area (Å²) in [5.41, 5.74) is 1.28.